The van der Waals surface area contributed by atoms with Crippen molar-refractivity contribution >= 4 is 28.5 Å². The van der Waals surface area contributed by atoms with Gasteiger partial charge in [0.1, 0.15) is 11.6 Å². The second-order valence-corrected chi connectivity index (χ2v) is 5.13. The lowest BCUT2D eigenvalue weighted by Gasteiger charge is -2.13. The van der Waals surface area contributed by atoms with Crippen LogP contribution in [0.1, 0.15) is 26.5 Å². The predicted octanol–water partition coefficient (Wildman–Crippen LogP) is 2.81. The second kappa shape index (κ2) is 4.24. The third kappa shape index (κ3) is 1.60. The largest absolute Gasteiger partial charge is 0.342 e. The Morgan fingerprint density at radius 3 is 2.73 bits per heavy atom. The Morgan fingerprint density at radius 1 is 1.14 bits per heavy atom. The van der Waals surface area contributed by atoms with Gasteiger partial charge in [0.25, 0.3) is 11.8 Å². The monoisotopic (exact) mass is 295 g/mol. The first-order valence-electron chi connectivity index (χ1n) is 6.70. The van der Waals surface area contributed by atoms with Crippen molar-refractivity contribution in [3.8, 4) is 0 Å². The second-order valence-electron chi connectivity index (χ2n) is 5.13. The van der Waals surface area contributed by atoms with E-state index in [4.69, 9.17) is 0 Å². The highest BCUT2D eigenvalue weighted by molar-refractivity contribution is 6.34. The molecule has 3 aromatic rings. The Kier molecular flexibility index (Phi) is 2.45. The molecule has 2 amide bonds. The van der Waals surface area contributed by atoms with Crippen LogP contribution in [0.15, 0.2) is 36.4 Å². The number of carbonyl (C=O) groups is 2. The van der Waals surface area contributed by atoms with E-state index in [9.17, 15) is 14.0 Å². The standard InChI is InChI=1S/C16H10FN3O2/c1-8-18-12-6-5-9(7-13(12)19-8)20-15(21)10-3-2-4-11(17)14(10)16(20)22/h2-7H,1H3,(H,18,19). The minimum absolute atomic E-state index is 0.0888. The molecule has 0 unspecified atom stereocenters. The third-order valence-corrected chi connectivity index (χ3v) is 3.71. The number of fused-ring (bicyclic) bond motifs is 2. The molecule has 2 heterocycles. The van der Waals surface area contributed by atoms with Crippen LogP contribution in [-0.4, -0.2) is 21.8 Å². The zero-order valence-electron chi connectivity index (χ0n) is 11.6. The van der Waals surface area contributed by atoms with Gasteiger partial charge in [0, 0.05) is 0 Å². The molecule has 6 heteroatoms. The quantitative estimate of drug-likeness (QED) is 0.702. The molecule has 0 aliphatic carbocycles. The molecule has 0 saturated heterocycles. The number of aromatic amines is 1. The van der Waals surface area contributed by atoms with Crippen LogP contribution in [0, 0.1) is 12.7 Å². The van der Waals surface area contributed by atoms with Gasteiger partial charge in [-0.05, 0) is 37.3 Å². The SMILES string of the molecule is Cc1nc2ccc(N3C(=O)c4cccc(F)c4C3=O)cc2[nH]1. The molecule has 5 nitrogen and oxygen atoms in total. The van der Waals surface area contributed by atoms with Crippen molar-refractivity contribution in [1.82, 2.24) is 9.97 Å². The molecule has 0 radical (unpaired) electrons. The summed E-state index contributed by atoms with van der Waals surface area (Å²) in [6, 6.07) is 9.06. The molecule has 0 bridgehead atoms. The maximum atomic E-state index is 13.8. The maximum Gasteiger partial charge on any atom is 0.269 e. The molecule has 0 fully saturated rings. The van der Waals surface area contributed by atoms with Crippen LogP contribution in [0.5, 0.6) is 0 Å². The summed E-state index contributed by atoms with van der Waals surface area (Å²) in [6.45, 7) is 1.82. The van der Waals surface area contributed by atoms with Crippen LogP contribution in [0.3, 0.4) is 0 Å². The summed E-state index contributed by atoms with van der Waals surface area (Å²) in [4.78, 5) is 33.1. The normalized spacial score (nSPS) is 14.0. The maximum absolute atomic E-state index is 13.8. The number of benzene rings is 2. The molecule has 4 rings (SSSR count). The number of nitrogens with zero attached hydrogens (tertiary/aromatic N) is 2. The van der Waals surface area contributed by atoms with Crippen LogP contribution >= 0.6 is 0 Å². The number of hydrogen-bond acceptors (Lipinski definition) is 3. The first-order chi connectivity index (χ1) is 10.6. The van der Waals surface area contributed by atoms with Crippen LogP contribution < -0.4 is 4.90 Å². The van der Waals surface area contributed by atoms with Gasteiger partial charge in [-0.25, -0.2) is 14.3 Å². The fraction of sp³-hybridized carbons (Fsp3) is 0.0625. The number of aryl methyl sites for hydroxylation is 1. The molecule has 1 aliphatic rings. The number of aromatic nitrogens is 2. The zero-order chi connectivity index (χ0) is 15.4. The van der Waals surface area contributed by atoms with Crippen molar-refractivity contribution in [3.63, 3.8) is 0 Å². The molecule has 108 valence electrons. The van der Waals surface area contributed by atoms with E-state index < -0.39 is 17.6 Å². The van der Waals surface area contributed by atoms with Crippen molar-refractivity contribution in [2.24, 2.45) is 0 Å². The molecule has 1 aromatic heterocycles. The zero-order valence-corrected chi connectivity index (χ0v) is 11.6. The number of H-pyrrole nitrogens is 1. The van der Waals surface area contributed by atoms with E-state index in [0.717, 1.165) is 16.2 Å². The average Bonchev–Trinajstić information content (AvgIpc) is 2.97. The summed E-state index contributed by atoms with van der Waals surface area (Å²) in [5, 5.41) is 0. The van der Waals surface area contributed by atoms with E-state index >= 15 is 0 Å². The third-order valence-electron chi connectivity index (χ3n) is 3.71. The van der Waals surface area contributed by atoms with Crippen molar-refractivity contribution in [3.05, 3.63) is 59.2 Å². The Morgan fingerprint density at radius 2 is 1.95 bits per heavy atom. The van der Waals surface area contributed by atoms with E-state index in [2.05, 4.69) is 9.97 Å². The summed E-state index contributed by atoms with van der Waals surface area (Å²) in [5.41, 5.74) is 1.76. The first-order valence-corrected chi connectivity index (χ1v) is 6.70. The highest BCUT2D eigenvalue weighted by atomic mass is 19.1. The van der Waals surface area contributed by atoms with Gasteiger partial charge in [-0.1, -0.05) is 6.07 Å². The van der Waals surface area contributed by atoms with Gasteiger partial charge in [-0.3, -0.25) is 9.59 Å². The molecule has 22 heavy (non-hydrogen) atoms. The van der Waals surface area contributed by atoms with Gasteiger partial charge in [-0.15, -0.1) is 0 Å². The number of hydrogen-bond donors (Lipinski definition) is 1. The van der Waals surface area contributed by atoms with Gasteiger partial charge in [0.2, 0.25) is 0 Å². The summed E-state index contributed by atoms with van der Waals surface area (Å²) in [5.74, 6) is -1.11. The molecule has 2 aromatic carbocycles. The lowest BCUT2D eigenvalue weighted by molar-refractivity contribution is 0.0925. The summed E-state index contributed by atoms with van der Waals surface area (Å²) in [7, 11) is 0. The molecule has 0 atom stereocenters. The molecule has 1 N–H and O–H groups in total. The highest BCUT2D eigenvalue weighted by Gasteiger charge is 2.38. The lowest BCUT2D eigenvalue weighted by atomic mass is 10.1. The van der Waals surface area contributed by atoms with Gasteiger partial charge >= 0.3 is 0 Å². The minimum atomic E-state index is -0.684. The molecule has 0 spiro atoms. The number of anilines is 1. The van der Waals surface area contributed by atoms with Crippen LogP contribution in [0.25, 0.3) is 11.0 Å². The van der Waals surface area contributed by atoms with Crippen molar-refractivity contribution in [2.75, 3.05) is 4.90 Å². The van der Waals surface area contributed by atoms with Gasteiger partial charge < -0.3 is 4.98 Å². The predicted molar refractivity (Wildman–Crippen MR) is 78.4 cm³/mol. The van der Waals surface area contributed by atoms with Gasteiger partial charge in [-0.2, -0.15) is 0 Å². The van der Waals surface area contributed by atoms with Gasteiger partial charge in [0.05, 0.1) is 27.8 Å². The smallest absolute Gasteiger partial charge is 0.269 e. The Bertz CT molecular complexity index is 961. The number of amides is 2. The molecular weight excluding hydrogens is 285 g/mol. The van der Waals surface area contributed by atoms with Crippen LogP contribution in [0.2, 0.25) is 0 Å². The van der Waals surface area contributed by atoms with Crippen molar-refractivity contribution < 1.29 is 14.0 Å². The highest BCUT2D eigenvalue weighted by Crippen LogP contribution is 2.31. The van der Waals surface area contributed by atoms with Crippen molar-refractivity contribution in [2.45, 2.75) is 6.92 Å². The van der Waals surface area contributed by atoms with E-state index in [-0.39, 0.29) is 11.1 Å². The number of carbonyl (C=O) groups excluding carboxylic acids is 2. The molecular formula is C16H10FN3O2. The Labute approximate surface area is 124 Å². The fourth-order valence-corrected chi connectivity index (χ4v) is 2.74. The van der Waals surface area contributed by atoms with E-state index in [1.165, 1.54) is 18.2 Å². The first kappa shape index (κ1) is 12.7. The fourth-order valence-electron chi connectivity index (χ4n) is 2.74. The number of imide groups is 1. The minimum Gasteiger partial charge on any atom is -0.342 e. The van der Waals surface area contributed by atoms with Crippen LogP contribution in [-0.2, 0) is 0 Å². The number of halogens is 1. The lowest BCUT2D eigenvalue weighted by Crippen LogP contribution is -2.29. The topological polar surface area (TPSA) is 66.1 Å². The Hall–Kier alpha value is -3.02. The van der Waals surface area contributed by atoms with E-state index in [1.54, 1.807) is 18.2 Å². The van der Waals surface area contributed by atoms with E-state index in [0.29, 0.717) is 11.2 Å². The summed E-state index contributed by atoms with van der Waals surface area (Å²) >= 11 is 0. The van der Waals surface area contributed by atoms with Crippen molar-refractivity contribution in [1.29, 1.82) is 0 Å². The van der Waals surface area contributed by atoms with Crippen LogP contribution in [0.4, 0.5) is 10.1 Å². The summed E-state index contributed by atoms with van der Waals surface area (Å²) < 4.78 is 13.8. The van der Waals surface area contributed by atoms with Gasteiger partial charge in [0.15, 0.2) is 0 Å². The number of rotatable bonds is 1. The number of nitrogens with one attached hydrogen (secondary N) is 1. The molecule has 0 saturated carbocycles. The molecule has 1 aliphatic heterocycles. The Balaban J connectivity index is 1.87. The average molecular weight is 295 g/mol. The van der Waals surface area contributed by atoms with E-state index in [1.807, 2.05) is 6.92 Å². The summed E-state index contributed by atoms with van der Waals surface area (Å²) in [6.07, 6.45) is 0. The number of imidazole rings is 1.